The van der Waals surface area contributed by atoms with Crippen LogP contribution in [0.5, 0.6) is 0 Å². The first-order chi connectivity index (χ1) is 12.7. The van der Waals surface area contributed by atoms with Crippen molar-refractivity contribution in [1.82, 2.24) is 9.97 Å². The van der Waals surface area contributed by atoms with Crippen LogP contribution in [0.1, 0.15) is 53.7 Å². The number of hydrogen-bond donors (Lipinski definition) is 2. The number of rotatable bonds is 7. The summed E-state index contributed by atoms with van der Waals surface area (Å²) in [6, 6.07) is 6.37. The number of aromatic carboxylic acids is 1. The molecule has 0 radical (unpaired) electrons. The van der Waals surface area contributed by atoms with E-state index in [4.69, 9.17) is 5.11 Å². The highest BCUT2D eigenvalue weighted by Crippen LogP contribution is 2.22. The number of amides is 1. The summed E-state index contributed by atoms with van der Waals surface area (Å²) in [7, 11) is 0. The van der Waals surface area contributed by atoms with E-state index in [2.05, 4.69) is 15.3 Å². The van der Waals surface area contributed by atoms with Crippen LogP contribution in [-0.4, -0.2) is 39.5 Å². The van der Waals surface area contributed by atoms with Crippen molar-refractivity contribution < 1.29 is 23.5 Å². The van der Waals surface area contributed by atoms with Gasteiger partial charge in [-0.2, -0.15) is 0 Å². The molecule has 0 fully saturated rings. The van der Waals surface area contributed by atoms with E-state index in [1.165, 1.54) is 24.3 Å². The highest BCUT2D eigenvalue weighted by Gasteiger charge is 2.21. The Hall–Kier alpha value is -3.10. The number of carbonyl (C=O) groups is 2. The lowest BCUT2D eigenvalue weighted by Gasteiger charge is -2.25. The van der Waals surface area contributed by atoms with E-state index in [1.807, 2.05) is 20.8 Å². The van der Waals surface area contributed by atoms with Gasteiger partial charge >= 0.3 is 5.97 Å². The van der Waals surface area contributed by atoms with Crippen molar-refractivity contribution in [1.29, 1.82) is 0 Å². The number of alkyl halides is 2. The van der Waals surface area contributed by atoms with Crippen LogP contribution in [0.15, 0.2) is 30.3 Å². The smallest absolute Gasteiger partial charge is 0.335 e. The SMILES string of the molecule is CCN(c1nc(C(=O)Nc2ccc(C(=O)O)cc2)cc(C(F)F)n1)C(C)C. The standard InChI is InChI=1S/C18H20F2N4O3/c1-4-24(10(2)3)18-22-13(15(19)20)9-14(23-18)16(25)21-12-7-5-11(6-8-12)17(26)27/h5-10,15H,4H2,1-3H3,(H,21,25)(H,26,27). The van der Waals surface area contributed by atoms with Crippen LogP contribution in [0.2, 0.25) is 0 Å². The van der Waals surface area contributed by atoms with E-state index in [0.29, 0.717) is 12.2 Å². The largest absolute Gasteiger partial charge is 0.478 e. The van der Waals surface area contributed by atoms with Crippen molar-refractivity contribution in [2.45, 2.75) is 33.2 Å². The summed E-state index contributed by atoms with van der Waals surface area (Å²) in [6.45, 7) is 6.06. The van der Waals surface area contributed by atoms with Gasteiger partial charge in [0.2, 0.25) is 5.95 Å². The fraction of sp³-hybridized carbons (Fsp3) is 0.333. The first-order valence-corrected chi connectivity index (χ1v) is 8.31. The van der Waals surface area contributed by atoms with Crippen molar-refractivity contribution in [3.05, 3.63) is 47.3 Å². The normalized spacial score (nSPS) is 10.9. The topological polar surface area (TPSA) is 95.4 Å². The second-order valence-electron chi connectivity index (χ2n) is 6.00. The highest BCUT2D eigenvalue weighted by molar-refractivity contribution is 6.03. The summed E-state index contributed by atoms with van der Waals surface area (Å²) in [5.74, 6) is -1.73. The van der Waals surface area contributed by atoms with Gasteiger partial charge in [0.25, 0.3) is 12.3 Å². The quantitative estimate of drug-likeness (QED) is 0.764. The first-order valence-electron chi connectivity index (χ1n) is 8.31. The zero-order valence-electron chi connectivity index (χ0n) is 15.1. The molecule has 2 rings (SSSR count). The molecule has 0 aliphatic rings. The van der Waals surface area contributed by atoms with E-state index >= 15 is 0 Å². The Morgan fingerprint density at radius 1 is 1.19 bits per heavy atom. The zero-order valence-corrected chi connectivity index (χ0v) is 15.1. The van der Waals surface area contributed by atoms with Gasteiger partial charge in [0.1, 0.15) is 11.4 Å². The Morgan fingerprint density at radius 3 is 2.30 bits per heavy atom. The van der Waals surface area contributed by atoms with Gasteiger partial charge in [0.15, 0.2) is 0 Å². The zero-order chi connectivity index (χ0) is 20.1. The summed E-state index contributed by atoms with van der Waals surface area (Å²) >= 11 is 0. The van der Waals surface area contributed by atoms with Gasteiger partial charge in [-0.15, -0.1) is 0 Å². The Labute approximate surface area is 155 Å². The Kier molecular flexibility index (Phi) is 6.38. The van der Waals surface area contributed by atoms with Gasteiger partial charge in [-0.25, -0.2) is 23.5 Å². The lowest BCUT2D eigenvalue weighted by molar-refractivity contribution is 0.0696. The molecule has 0 aliphatic heterocycles. The van der Waals surface area contributed by atoms with Crippen LogP contribution < -0.4 is 10.2 Å². The molecule has 0 saturated carbocycles. The van der Waals surface area contributed by atoms with Gasteiger partial charge < -0.3 is 15.3 Å². The predicted octanol–water partition coefficient (Wildman–Crippen LogP) is 3.60. The third-order valence-corrected chi connectivity index (χ3v) is 3.80. The van der Waals surface area contributed by atoms with E-state index in [0.717, 1.165) is 6.07 Å². The number of carboxylic acid groups (broad SMARTS) is 1. The average Bonchev–Trinajstić information content (AvgIpc) is 2.62. The first kappa shape index (κ1) is 20.2. The van der Waals surface area contributed by atoms with E-state index < -0.39 is 24.0 Å². The van der Waals surface area contributed by atoms with Crippen molar-refractivity contribution in [2.75, 3.05) is 16.8 Å². The summed E-state index contributed by atoms with van der Waals surface area (Å²) in [5.41, 5.74) is -0.352. The molecule has 7 nitrogen and oxygen atoms in total. The molecule has 1 aromatic heterocycles. The Balaban J connectivity index is 2.33. The van der Waals surface area contributed by atoms with Crippen molar-refractivity contribution in [2.24, 2.45) is 0 Å². The van der Waals surface area contributed by atoms with Crippen LogP contribution in [0, 0.1) is 0 Å². The lowest BCUT2D eigenvalue weighted by Crippen LogP contribution is -2.33. The summed E-state index contributed by atoms with van der Waals surface area (Å²) in [5, 5.41) is 11.4. The van der Waals surface area contributed by atoms with Crippen LogP contribution in [0.4, 0.5) is 20.4 Å². The molecule has 2 N–H and O–H groups in total. The summed E-state index contributed by atoms with van der Waals surface area (Å²) in [6.07, 6.45) is -2.85. The fourth-order valence-electron chi connectivity index (χ4n) is 2.44. The Bertz CT molecular complexity index is 826. The molecule has 9 heteroatoms. The van der Waals surface area contributed by atoms with Gasteiger partial charge in [-0.3, -0.25) is 4.79 Å². The second kappa shape index (κ2) is 8.52. The summed E-state index contributed by atoms with van der Waals surface area (Å²) < 4.78 is 26.4. The summed E-state index contributed by atoms with van der Waals surface area (Å²) in [4.78, 5) is 33.0. The molecule has 1 amide bonds. The maximum absolute atomic E-state index is 13.2. The van der Waals surface area contributed by atoms with Crippen LogP contribution in [0.3, 0.4) is 0 Å². The third-order valence-electron chi connectivity index (χ3n) is 3.80. The molecule has 0 bridgehead atoms. The fourth-order valence-corrected chi connectivity index (χ4v) is 2.44. The molecule has 0 saturated heterocycles. The number of benzene rings is 1. The van der Waals surface area contributed by atoms with E-state index in [-0.39, 0.29) is 23.2 Å². The number of carboxylic acids is 1. The minimum absolute atomic E-state index is 0.0394. The molecule has 1 heterocycles. The number of anilines is 2. The van der Waals surface area contributed by atoms with Crippen LogP contribution in [-0.2, 0) is 0 Å². The molecule has 144 valence electrons. The molecule has 0 unspecified atom stereocenters. The molecule has 0 aliphatic carbocycles. The number of nitrogens with one attached hydrogen (secondary N) is 1. The third kappa shape index (κ3) is 4.96. The molecule has 1 aromatic carbocycles. The molecule has 0 atom stereocenters. The number of hydrogen-bond acceptors (Lipinski definition) is 5. The van der Waals surface area contributed by atoms with Crippen LogP contribution in [0.25, 0.3) is 0 Å². The Morgan fingerprint density at radius 2 is 1.81 bits per heavy atom. The maximum atomic E-state index is 13.2. The van der Waals surface area contributed by atoms with Crippen molar-refractivity contribution >= 4 is 23.5 Å². The number of carbonyl (C=O) groups excluding carboxylic acids is 1. The number of halogens is 2. The molecule has 27 heavy (non-hydrogen) atoms. The molecule has 2 aromatic rings. The maximum Gasteiger partial charge on any atom is 0.335 e. The monoisotopic (exact) mass is 378 g/mol. The minimum Gasteiger partial charge on any atom is -0.478 e. The number of nitrogens with zero attached hydrogens (tertiary/aromatic N) is 3. The number of aromatic nitrogens is 2. The molecular formula is C18H20F2N4O3. The lowest BCUT2D eigenvalue weighted by atomic mass is 10.2. The van der Waals surface area contributed by atoms with Crippen LogP contribution >= 0.6 is 0 Å². The van der Waals surface area contributed by atoms with E-state index in [9.17, 15) is 18.4 Å². The average molecular weight is 378 g/mol. The van der Waals surface area contributed by atoms with Gasteiger partial charge in [-0.05, 0) is 51.1 Å². The van der Waals surface area contributed by atoms with Crippen molar-refractivity contribution in [3.8, 4) is 0 Å². The minimum atomic E-state index is -2.85. The van der Waals surface area contributed by atoms with Crippen molar-refractivity contribution in [3.63, 3.8) is 0 Å². The molecule has 0 spiro atoms. The molecular weight excluding hydrogens is 358 g/mol. The van der Waals surface area contributed by atoms with E-state index in [1.54, 1.807) is 4.90 Å². The van der Waals surface area contributed by atoms with Gasteiger partial charge in [0, 0.05) is 18.3 Å². The second-order valence-corrected chi connectivity index (χ2v) is 6.00. The van der Waals surface area contributed by atoms with Gasteiger partial charge in [0.05, 0.1) is 5.56 Å². The predicted molar refractivity (Wildman–Crippen MR) is 96.5 cm³/mol. The highest BCUT2D eigenvalue weighted by atomic mass is 19.3. The van der Waals surface area contributed by atoms with Gasteiger partial charge in [-0.1, -0.05) is 0 Å².